The van der Waals surface area contributed by atoms with Crippen LogP contribution in [0.3, 0.4) is 0 Å². The monoisotopic (exact) mass is 318 g/mol. The Labute approximate surface area is 113 Å². The number of carbonyl (C=O) groups excluding carboxylic acids is 1. The molecule has 0 radical (unpaired) electrons. The maximum atomic E-state index is 11.5. The average Bonchev–Trinajstić information content (AvgIpc) is 3.00. The van der Waals surface area contributed by atoms with Crippen molar-refractivity contribution in [1.29, 1.82) is 0 Å². The smallest absolute Gasteiger partial charge is 0.315 e. The van der Waals surface area contributed by atoms with Gasteiger partial charge in [0.2, 0.25) is 0 Å². The van der Waals surface area contributed by atoms with Crippen LogP contribution in [0.25, 0.3) is 0 Å². The number of aliphatic hydroxyl groups excluding tert-OH is 1. The molecule has 1 saturated carbocycles. The van der Waals surface area contributed by atoms with E-state index >= 15 is 0 Å². The van der Waals surface area contributed by atoms with Gasteiger partial charge in [-0.3, -0.25) is 0 Å². The zero-order valence-corrected chi connectivity index (χ0v) is 11.7. The molecule has 1 aromatic heterocycles. The van der Waals surface area contributed by atoms with Gasteiger partial charge in [-0.25, -0.2) is 4.79 Å². The minimum absolute atomic E-state index is 0.0384. The Morgan fingerprint density at radius 3 is 2.76 bits per heavy atom. The molecule has 0 aromatic carbocycles. The summed E-state index contributed by atoms with van der Waals surface area (Å²) in [6, 6.07) is 3.77. The summed E-state index contributed by atoms with van der Waals surface area (Å²) >= 11 is 4.98. The van der Waals surface area contributed by atoms with Gasteiger partial charge in [-0.2, -0.15) is 0 Å². The second-order valence-corrected chi connectivity index (χ2v) is 6.95. The van der Waals surface area contributed by atoms with Crippen LogP contribution in [0.5, 0.6) is 0 Å². The topological polar surface area (TPSA) is 61.4 Å². The average molecular weight is 319 g/mol. The zero-order chi connectivity index (χ0) is 12.3. The first-order chi connectivity index (χ1) is 8.13. The first-order valence-electron chi connectivity index (χ1n) is 5.50. The summed E-state index contributed by atoms with van der Waals surface area (Å²) in [4.78, 5) is 12.6. The third kappa shape index (κ3) is 3.69. The molecule has 0 atom stereocenters. The van der Waals surface area contributed by atoms with Crippen molar-refractivity contribution in [2.45, 2.75) is 19.4 Å². The van der Waals surface area contributed by atoms with Crippen LogP contribution in [0.15, 0.2) is 15.9 Å². The number of rotatable bonds is 5. The Kier molecular flexibility index (Phi) is 4.06. The van der Waals surface area contributed by atoms with Crippen molar-refractivity contribution >= 4 is 33.3 Å². The molecule has 0 aliphatic heterocycles. The van der Waals surface area contributed by atoms with Crippen LogP contribution < -0.4 is 10.6 Å². The largest absolute Gasteiger partial charge is 0.396 e. The quantitative estimate of drug-likeness (QED) is 0.778. The van der Waals surface area contributed by atoms with Gasteiger partial charge in [-0.05, 0) is 40.9 Å². The van der Waals surface area contributed by atoms with E-state index in [0.29, 0.717) is 13.1 Å². The van der Waals surface area contributed by atoms with Crippen LogP contribution in [0.1, 0.15) is 17.7 Å². The van der Waals surface area contributed by atoms with E-state index in [-0.39, 0.29) is 18.1 Å². The van der Waals surface area contributed by atoms with E-state index < -0.39 is 0 Å². The molecule has 3 N–H and O–H groups in total. The molecule has 94 valence electrons. The molecule has 1 aliphatic carbocycles. The van der Waals surface area contributed by atoms with Gasteiger partial charge in [-0.15, -0.1) is 11.3 Å². The minimum atomic E-state index is -0.172. The van der Waals surface area contributed by atoms with E-state index in [1.165, 1.54) is 0 Å². The summed E-state index contributed by atoms with van der Waals surface area (Å²) in [5, 5.41) is 14.7. The van der Waals surface area contributed by atoms with Crippen LogP contribution in [-0.4, -0.2) is 24.3 Å². The molecule has 4 nitrogen and oxygen atoms in total. The third-order valence-corrected chi connectivity index (χ3v) is 4.59. The van der Waals surface area contributed by atoms with Gasteiger partial charge in [0.15, 0.2) is 0 Å². The highest BCUT2D eigenvalue weighted by Gasteiger charge is 2.42. The Bertz CT molecular complexity index is 404. The van der Waals surface area contributed by atoms with Crippen molar-refractivity contribution in [1.82, 2.24) is 10.6 Å². The van der Waals surface area contributed by atoms with Crippen molar-refractivity contribution in [2.75, 3.05) is 13.2 Å². The molecule has 1 aromatic rings. The van der Waals surface area contributed by atoms with Crippen molar-refractivity contribution in [3.05, 3.63) is 20.8 Å². The van der Waals surface area contributed by atoms with Crippen molar-refractivity contribution in [2.24, 2.45) is 5.41 Å². The molecule has 0 bridgehead atoms. The fourth-order valence-electron chi connectivity index (χ4n) is 1.51. The molecule has 17 heavy (non-hydrogen) atoms. The first kappa shape index (κ1) is 12.9. The molecule has 0 saturated heterocycles. The van der Waals surface area contributed by atoms with Crippen LogP contribution in [0.2, 0.25) is 0 Å². The highest BCUT2D eigenvalue weighted by atomic mass is 79.9. The summed E-state index contributed by atoms with van der Waals surface area (Å²) in [6.07, 6.45) is 2.00. The van der Waals surface area contributed by atoms with Gasteiger partial charge >= 0.3 is 6.03 Å². The van der Waals surface area contributed by atoms with Crippen LogP contribution >= 0.6 is 27.3 Å². The summed E-state index contributed by atoms with van der Waals surface area (Å²) in [6.45, 7) is 1.25. The number of nitrogens with one attached hydrogen (secondary N) is 2. The second kappa shape index (κ2) is 5.37. The lowest BCUT2D eigenvalue weighted by Gasteiger charge is -2.13. The Morgan fingerprint density at radius 1 is 1.47 bits per heavy atom. The minimum Gasteiger partial charge on any atom is -0.396 e. The Morgan fingerprint density at radius 2 is 2.24 bits per heavy atom. The molecule has 0 unspecified atom stereocenters. The fourth-order valence-corrected chi connectivity index (χ4v) is 2.93. The molecule has 2 rings (SSSR count). The molecule has 6 heteroatoms. The SMILES string of the molecule is O=C(NCc1ccc(Br)s1)NCC1(CO)CC1. The molecular weight excluding hydrogens is 304 g/mol. The van der Waals surface area contributed by atoms with E-state index in [2.05, 4.69) is 26.6 Å². The van der Waals surface area contributed by atoms with E-state index in [9.17, 15) is 4.79 Å². The summed E-state index contributed by atoms with van der Waals surface area (Å²) in [5.41, 5.74) is -0.0384. The second-order valence-electron chi connectivity index (χ2n) is 4.40. The van der Waals surface area contributed by atoms with Crippen molar-refractivity contribution < 1.29 is 9.90 Å². The van der Waals surface area contributed by atoms with Crippen LogP contribution in [0, 0.1) is 5.41 Å². The highest BCUT2D eigenvalue weighted by Crippen LogP contribution is 2.44. The van der Waals surface area contributed by atoms with Crippen LogP contribution in [0.4, 0.5) is 4.79 Å². The van der Waals surface area contributed by atoms with Crippen molar-refractivity contribution in [3.63, 3.8) is 0 Å². The van der Waals surface area contributed by atoms with Gasteiger partial charge in [0.1, 0.15) is 0 Å². The van der Waals surface area contributed by atoms with E-state index in [1.54, 1.807) is 11.3 Å². The molecule has 1 aliphatic rings. The normalized spacial score (nSPS) is 16.6. The number of hydrogen-bond acceptors (Lipinski definition) is 3. The number of aliphatic hydroxyl groups is 1. The van der Waals surface area contributed by atoms with E-state index in [1.807, 2.05) is 12.1 Å². The summed E-state index contributed by atoms with van der Waals surface area (Å²) < 4.78 is 1.06. The summed E-state index contributed by atoms with van der Waals surface area (Å²) in [7, 11) is 0. The standard InChI is InChI=1S/C11H15BrN2O2S/c12-9-2-1-8(17-9)5-13-10(16)14-6-11(7-15)3-4-11/h1-2,15H,3-7H2,(H2,13,14,16). The van der Waals surface area contributed by atoms with Gasteiger partial charge in [-0.1, -0.05) is 0 Å². The first-order valence-corrected chi connectivity index (χ1v) is 7.11. The molecule has 2 amide bonds. The number of carbonyl (C=O) groups is 1. The molecule has 1 fully saturated rings. The van der Waals surface area contributed by atoms with E-state index in [0.717, 1.165) is 21.5 Å². The Hall–Kier alpha value is -0.590. The lowest BCUT2D eigenvalue weighted by atomic mass is 10.1. The predicted molar refractivity (Wildman–Crippen MR) is 71.0 cm³/mol. The molecule has 0 spiro atoms. The van der Waals surface area contributed by atoms with Gasteiger partial charge in [0, 0.05) is 16.8 Å². The maximum Gasteiger partial charge on any atom is 0.315 e. The third-order valence-electron chi connectivity index (χ3n) is 2.97. The lowest BCUT2D eigenvalue weighted by molar-refractivity contribution is 0.203. The number of thiophene rings is 1. The van der Waals surface area contributed by atoms with Crippen molar-refractivity contribution in [3.8, 4) is 0 Å². The zero-order valence-electron chi connectivity index (χ0n) is 9.33. The van der Waals surface area contributed by atoms with Crippen LogP contribution in [-0.2, 0) is 6.54 Å². The van der Waals surface area contributed by atoms with Gasteiger partial charge < -0.3 is 15.7 Å². The predicted octanol–water partition coefficient (Wildman–Crippen LogP) is 2.08. The van der Waals surface area contributed by atoms with Gasteiger partial charge in [0.25, 0.3) is 0 Å². The number of hydrogen-bond donors (Lipinski definition) is 3. The maximum absolute atomic E-state index is 11.5. The number of urea groups is 1. The lowest BCUT2D eigenvalue weighted by Crippen LogP contribution is -2.39. The highest BCUT2D eigenvalue weighted by molar-refractivity contribution is 9.11. The van der Waals surface area contributed by atoms with E-state index in [4.69, 9.17) is 5.11 Å². The number of halogens is 1. The molecule has 1 heterocycles. The molecular formula is C11H15BrN2O2S. The summed E-state index contributed by atoms with van der Waals surface area (Å²) in [5.74, 6) is 0. The number of amides is 2. The Balaban J connectivity index is 1.67. The van der Waals surface area contributed by atoms with Gasteiger partial charge in [0.05, 0.1) is 16.9 Å². The fraction of sp³-hybridized carbons (Fsp3) is 0.545.